The Morgan fingerprint density at radius 3 is 2.54 bits per heavy atom. The number of halogens is 2. The number of hydrogen-bond acceptors (Lipinski definition) is 2. The lowest BCUT2D eigenvalue weighted by Gasteiger charge is -2.14. The molecule has 2 rings (SSSR count). The quantitative estimate of drug-likeness (QED) is 0.631. The Bertz CT molecular complexity index is 704. The van der Waals surface area contributed by atoms with Crippen molar-refractivity contribution >= 4 is 5.96 Å². The van der Waals surface area contributed by atoms with E-state index >= 15 is 0 Å². The summed E-state index contributed by atoms with van der Waals surface area (Å²) in [5.74, 6) is -0.248. The first-order chi connectivity index (χ1) is 11.7. The number of ether oxygens (including phenoxy) is 1. The van der Waals surface area contributed by atoms with Gasteiger partial charge in [-0.3, -0.25) is 4.99 Å². The van der Waals surface area contributed by atoms with Gasteiger partial charge in [-0.25, -0.2) is 8.78 Å². The van der Waals surface area contributed by atoms with Crippen LogP contribution in [-0.2, 0) is 13.0 Å². The largest absolute Gasteiger partial charge is 0.496 e. The van der Waals surface area contributed by atoms with Crippen LogP contribution in [-0.4, -0.2) is 26.7 Å². The summed E-state index contributed by atoms with van der Waals surface area (Å²) in [6, 6.07) is 11.9. The second-order valence-electron chi connectivity index (χ2n) is 5.13. The summed E-state index contributed by atoms with van der Waals surface area (Å²) in [6.07, 6.45) is 0.360. The first-order valence-electron chi connectivity index (χ1n) is 7.65. The molecule has 0 aromatic heterocycles. The van der Waals surface area contributed by atoms with Crippen LogP contribution in [0.3, 0.4) is 0 Å². The van der Waals surface area contributed by atoms with Crippen LogP contribution in [0, 0.1) is 11.6 Å². The summed E-state index contributed by atoms with van der Waals surface area (Å²) in [7, 11) is 3.28. The molecule has 0 amide bonds. The van der Waals surface area contributed by atoms with Crippen molar-refractivity contribution in [2.45, 2.75) is 13.0 Å². The third-order valence-corrected chi connectivity index (χ3v) is 3.58. The average molecular weight is 333 g/mol. The topological polar surface area (TPSA) is 45.7 Å². The molecule has 2 aromatic carbocycles. The van der Waals surface area contributed by atoms with E-state index in [9.17, 15) is 8.78 Å². The lowest BCUT2D eigenvalue weighted by atomic mass is 10.1. The summed E-state index contributed by atoms with van der Waals surface area (Å²) in [5, 5.41) is 6.25. The molecular formula is C18H21F2N3O. The third kappa shape index (κ3) is 4.68. The first kappa shape index (κ1) is 17.7. The maximum absolute atomic E-state index is 13.6. The first-order valence-corrected chi connectivity index (χ1v) is 7.65. The molecule has 0 heterocycles. The van der Waals surface area contributed by atoms with Crippen LogP contribution in [0.1, 0.15) is 11.1 Å². The van der Waals surface area contributed by atoms with Gasteiger partial charge in [-0.2, -0.15) is 0 Å². The van der Waals surface area contributed by atoms with E-state index in [1.807, 2.05) is 24.3 Å². The van der Waals surface area contributed by atoms with Gasteiger partial charge in [0, 0.05) is 25.7 Å². The molecule has 128 valence electrons. The second-order valence-corrected chi connectivity index (χ2v) is 5.13. The minimum absolute atomic E-state index is 0.336. The Morgan fingerprint density at radius 2 is 1.79 bits per heavy atom. The Labute approximate surface area is 140 Å². The van der Waals surface area contributed by atoms with Crippen molar-refractivity contribution in [3.05, 3.63) is 65.2 Å². The van der Waals surface area contributed by atoms with Crippen molar-refractivity contribution in [1.29, 1.82) is 0 Å². The maximum atomic E-state index is 13.6. The smallest absolute Gasteiger partial charge is 0.191 e. The highest BCUT2D eigenvalue weighted by Crippen LogP contribution is 2.16. The van der Waals surface area contributed by atoms with Gasteiger partial charge in [0.05, 0.1) is 7.11 Å². The number of guanidine groups is 1. The number of nitrogens with one attached hydrogen (secondary N) is 2. The number of methoxy groups -OCH3 is 1. The number of rotatable bonds is 6. The summed E-state index contributed by atoms with van der Waals surface area (Å²) in [5.41, 5.74) is 1.34. The summed E-state index contributed by atoms with van der Waals surface area (Å²) in [4.78, 5) is 4.12. The number of hydrogen-bond donors (Lipinski definition) is 2. The van der Waals surface area contributed by atoms with Crippen LogP contribution in [0.4, 0.5) is 8.78 Å². The summed E-state index contributed by atoms with van der Waals surface area (Å²) in [6.45, 7) is 0.976. The molecule has 2 aromatic rings. The van der Waals surface area contributed by atoms with Crippen LogP contribution in [0.5, 0.6) is 5.75 Å². The van der Waals surface area contributed by atoms with Gasteiger partial charge < -0.3 is 15.4 Å². The molecule has 6 heteroatoms. The molecule has 2 N–H and O–H groups in total. The van der Waals surface area contributed by atoms with Crippen LogP contribution in [0.25, 0.3) is 0 Å². The lowest BCUT2D eigenvalue weighted by Crippen LogP contribution is -2.38. The molecule has 0 saturated carbocycles. The van der Waals surface area contributed by atoms with E-state index in [0.29, 0.717) is 31.0 Å². The Kier molecular flexibility index (Phi) is 6.54. The van der Waals surface area contributed by atoms with Crippen LogP contribution < -0.4 is 15.4 Å². The standard InChI is InChI=1S/C18H21F2N3O/c1-21-18(23-12-14-6-3-4-9-16(14)24-2)22-11-10-13-7-5-8-15(19)17(13)20/h3-9H,10-12H2,1-2H3,(H2,21,22,23). The molecular weight excluding hydrogens is 312 g/mol. The molecule has 0 fully saturated rings. The third-order valence-electron chi connectivity index (χ3n) is 3.58. The molecule has 0 atom stereocenters. The van der Waals surface area contributed by atoms with Gasteiger partial charge in [0.2, 0.25) is 0 Å². The highest BCUT2D eigenvalue weighted by atomic mass is 19.2. The van der Waals surface area contributed by atoms with Crippen molar-refractivity contribution in [3.63, 3.8) is 0 Å². The fourth-order valence-corrected chi connectivity index (χ4v) is 2.31. The minimum atomic E-state index is -0.828. The fraction of sp³-hybridized carbons (Fsp3) is 0.278. The van der Waals surface area contributed by atoms with E-state index in [4.69, 9.17) is 4.74 Å². The van der Waals surface area contributed by atoms with Crippen LogP contribution in [0.2, 0.25) is 0 Å². The summed E-state index contributed by atoms with van der Waals surface area (Å²) < 4.78 is 32.1. The molecule has 0 bridgehead atoms. The van der Waals surface area contributed by atoms with E-state index in [1.54, 1.807) is 20.2 Å². The van der Waals surface area contributed by atoms with E-state index in [0.717, 1.165) is 17.4 Å². The molecule has 24 heavy (non-hydrogen) atoms. The Hall–Kier alpha value is -2.63. The van der Waals surface area contributed by atoms with E-state index in [-0.39, 0.29) is 0 Å². The van der Waals surface area contributed by atoms with Crippen molar-refractivity contribution in [2.75, 3.05) is 20.7 Å². The zero-order chi connectivity index (χ0) is 17.4. The SMILES string of the molecule is CN=C(NCCc1cccc(F)c1F)NCc1ccccc1OC. The van der Waals surface area contributed by atoms with Crippen molar-refractivity contribution < 1.29 is 13.5 Å². The van der Waals surface area contributed by atoms with E-state index in [1.165, 1.54) is 6.07 Å². The van der Waals surface area contributed by atoms with Gasteiger partial charge in [-0.15, -0.1) is 0 Å². The average Bonchev–Trinajstić information content (AvgIpc) is 2.61. The highest BCUT2D eigenvalue weighted by Gasteiger charge is 2.08. The molecule has 0 aliphatic heterocycles. The lowest BCUT2D eigenvalue weighted by molar-refractivity contribution is 0.409. The Balaban J connectivity index is 1.86. The zero-order valence-electron chi connectivity index (χ0n) is 13.8. The molecule has 0 spiro atoms. The molecule has 0 radical (unpaired) electrons. The monoisotopic (exact) mass is 333 g/mol. The van der Waals surface area contributed by atoms with Gasteiger partial charge >= 0.3 is 0 Å². The van der Waals surface area contributed by atoms with Gasteiger partial charge in [-0.05, 0) is 24.1 Å². The van der Waals surface area contributed by atoms with E-state index < -0.39 is 11.6 Å². The summed E-state index contributed by atoms with van der Waals surface area (Å²) >= 11 is 0. The fourth-order valence-electron chi connectivity index (χ4n) is 2.31. The van der Waals surface area contributed by atoms with E-state index in [2.05, 4.69) is 15.6 Å². The normalized spacial score (nSPS) is 11.2. The number of para-hydroxylation sites is 1. The number of nitrogens with zero attached hydrogens (tertiary/aromatic N) is 1. The van der Waals surface area contributed by atoms with Crippen molar-refractivity contribution in [3.8, 4) is 5.75 Å². The van der Waals surface area contributed by atoms with Gasteiger partial charge in [0.15, 0.2) is 17.6 Å². The molecule has 4 nitrogen and oxygen atoms in total. The van der Waals surface area contributed by atoms with Crippen LogP contribution in [0.15, 0.2) is 47.5 Å². The molecule has 0 aliphatic rings. The second kappa shape index (κ2) is 8.86. The van der Waals surface area contributed by atoms with Crippen molar-refractivity contribution in [1.82, 2.24) is 10.6 Å². The predicted molar refractivity (Wildman–Crippen MR) is 91.3 cm³/mol. The minimum Gasteiger partial charge on any atom is -0.496 e. The predicted octanol–water partition coefficient (Wildman–Crippen LogP) is 2.88. The molecule has 0 aliphatic carbocycles. The van der Waals surface area contributed by atoms with Gasteiger partial charge in [-0.1, -0.05) is 30.3 Å². The maximum Gasteiger partial charge on any atom is 0.191 e. The van der Waals surface area contributed by atoms with Gasteiger partial charge in [0.1, 0.15) is 5.75 Å². The number of benzene rings is 2. The highest BCUT2D eigenvalue weighted by molar-refractivity contribution is 5.79. The molecule has 0 unspecified atom stereocenters. The van der Waals surface area contributed by atoms with Crippen LogP contribution >= 0.6 is 0 Å². The molecule has 0 saturated heterocycles. The van der Waals surface area contributed by atoms with Crippen molar-refractivity contribution in [2.24, 2.45) is 4.99 Å². The number of aliphatic imine (C=N–C) groups is 1. The van der Waals surface area contributed by atoms with Gasteiger partial charge in [0.25, 0.3) is 0 Å². The zero-order valence-corrected chi connectivity index (χ0v) is 13.8. The Morgan fingerprint density at radius 1 is 1.04 bits per heavy atom.